The lowest BCUT2D eigenvalue weighted by Gasteiger charge is -2.37. The van der Waals surface area contributed by atoms with Gasteiger partial charge in [-0.1, -0.05) is 30.7 Å². The van der Waals surface area contributed by atoms with Gasteiger partial charge in [-0.15, -0.1) is 0 Å². The minimum atomic E-state index is -1.84. The summed E-state index contributed by atoms with van der Waals surface area (Å²) in [5.74, 6) is -1.09. The van der Waals surface area contributed by atoms with Crippen molar-refractivity contribution in [2.24, 2.45) is 11.8 Å². The second kappa shape index (κ2) is 8.60. The number of allylic oxidation sites excluding steroid dienone is 5. The van der Waals surface area contributed by atoms with Crippen LogP contribution < -0.4 is 0 Å². The molecule has 28 heavy (non-hydrogen) atoms. The van der Waals surface area contributed by atoms with E-state index >= 15 is 0 Å². The van der Waals surface area contributed by atoms with E-state index in [2.05, 4.69) is 0 Å². The number of carbonyl (C=O) groups is 2. The van der Waals surface area contributed by atoms with E-state index in [4.69, 9.17) is 16.3 Å². The summed E-state index contributed by atoms with van der Waals surface area (Å²) >= 11 is 5.94. The first-order valence-corrected chi connectivity index (χ1v) is 9.66. The molecule has 4 unspecified atom stereocenters. The summed E-state index contributed by atoms with van der Waals surface area (Å²) in [4.78, 5) is 25.1. The predicted octanol–water partition coefficient (Wildman–Crippen LogP) is 3.73. The number of hydrogen-bond acceptors (Lipinski definition) is 5. The Hall–Kier alpha value is -1.95. The fourth-order valence-electron chi connectivity index (χ4n) is 3.18. The molecular weight excluding hydrogens is 380 g/mol. The third-order valence-corrected chi connectivity index (χ3v) is 5.83. The first-order valence-electron chi connectivity index (χ1n) is 9.28. The second-order valence-corrected chi connectivity index (χ2v) is 7.94. The highest BCUT2D eigenvalue weighted by Crippen LogP contribution is 2.43. The van der Waals surface area contributed by atoms with Crippen molar-refractivity contribution >= 4 is 23.2 Å². The lowest BCUT2D eigenvalue weighted by molar-refractivity contribution is -0.136. The summed E-state index contributed by atoms with van der Waals surface area (Å²) in [6.07, 6.45) is 7.67. The maximum atomic E-state index is 12.6. The van der Waals surface area contributed by atoms with E-state index in [1.807, 2.05) is 13.0 Å². The van der Waals surface area contributed by atoms with Gasteiger partial charge in [-0.25, -0.2) is 0 Å². The van der Waals surface area contributed by atoms with Crippen LogP contribution in [0.25, 0.3) is 0 Å². The number of hydrogen-bond donors (Lipinski definition) is 2. The number of Topliss-reactive ketones (excluding diaryl/α,β-unsaturated/α-hetero) is 2. The molecule has 0 saturated carbocycles. The van der Waals surface area contributed by atoms with E-state index in [0.717, 1.165) is 0 Å². The van der Waals surface area contributed by atoms with E-state index in [-0.39, 0.29) is 23.2 Å². The van der Waals surface area contributed by atoms with Gasteiger partial charge in [0, 0.05) is 23.8 Å². The number of aliphatic hydroxyl groups is 2. The van der Waals surface area contributed by atoms with Gasteiger partial charge in [0.1, 0.15) is 11.4 Å². The summed E-state index contributed by atoms with van der Waals surface area (Å²) in [5.41, 5.74) is -0.0542. The molecule has 5 nitrogen and oxygen atoms in total. The Morgan fingerprint density at radius 3 is 2.64 bits per heavy atom. The molecule has 6 heteroatoms. The van der Waals surface area contributed by atoms with Crippen LogP contribution in [0.5, 0.6) is 0 Å². The molecule has 0 saturated heterocycles. The van der Waals surface area contributed by atoms with Gasteiger partial charge in [-0.3, -0.25) is 9.59 Å². The molecule has 1 aliphatic carbocycles. The van der Waals surface area contributed by atoms with Crippen LogP contribution in [0.2, 0.25) is 0 Å². The van der Waals surface area contributed by atoms with Gasteiger partial charge in [-0.05, 0) is 51.0 Å². The summed E-state index contributed by atoms with van der Waals surface area (Å²) in [5, 5.41) is 20.5. The Labute approximate surface area is 170 Å². The first-order chi connectivity index (χ1) is 13.0. The molecule has 2 aliphatic rings. The van der Waals surface area contributed by atoms with E-state index in [1.165, 1.54) is 19.3 Å². The third-order valence-electron chi connectivity index (χ3n) is 5.44. The molecule has 152 valence electrons. The van der Waals surface area contributed by atoms with Gasteiger partial charge < -0.3 is 14.9 Å². The molecule has 1 aliphatic heterocycles. The van der Waals surface area contributed by atoms with Crippen LogP contribution in [0.4, 0.5) is 0 Å². The Morgan fingerprint density at radius 2 is 2.07 bits per heavy atom. The highest BCUT2D eigenvalue weighted by atomic mass is 35.5. The zero-order valence-corrected chi connectivity index (χ0v) is 17.6. The van der Waals surface area contributed by atoms with Crippen LogP contribution >= 0.6 is 11.6 Å². The van der Waals surface area contributed by atoms with E-state index < -0.39 is 23.4 Å². The molecule has 0 aromatic heterocycles. The maximum Gasteiger partial charge on any atom is 0.205 e. The zero-order valence-electron chi connectivity index (χ0n) is 16.8. The second-order valence-electron chi connectivity index (χ2n) is 7.53. The summed E-state index contributed by atoms with van der Waals surface area (Å²) in [6.45, 7) is 8.29. The van der Waals surface area contributed by atoms with Crippen molar-refractivity contribution in [1.29, 1.82) is 0 Å². The van der Waals surface area contributed by atoms with Crippen LogP contribution in [0.1, 0.15) is 41.0 Å². The maximum absolute atomic E-state index is 12.6. The Morgan fingerprint density at radius 1 is 1.43 bits per heavy atom. The van der Waals surface area contributed by atoms with E-state index in [1.54, 1.807) is 32.9 Å². The molecule has 0 spiro atoms. The average molecular weight is 407 g/mol. The summed E-state index contributed by atoms with van der Waals surface area (Å²) in [6, 6.07) is 0. The number of halogens is 1. The summed E-state index contributed by atoms with van der Waals surface area (Å²) in [7, 11) is 0. The Bertz CT molecular complexity index is 824. The van der Waals surface area contributed by atoms with Gasteiger partial charge in [-0.2, -0.15) is 0 Å². The quantitative estimate of drug-likeness (QED) is 0.656. The molecule has 1 heterocycles. The Kier molecular flexibility index (Phi) is 6.86. The highest BCUT2D eigenvalue weighted by Gasteiger charge is 2.46. The number of carbonyl (C=O) groups excluding carboxylic acids is 2. The highest BCUT2D eigenvalue weighted by molar-refractivity contribution is 6.43. The lowest BCUT2D eigenvalue weighted by Crippen LogP contribution is -2.46. The number of fused-ring (bicyclic) bond motifs is 1. The minimum absolute atomic E-state index is 0.00474. The molecule has 0 fully saturated rings. The van der Waals surface area contributed by atoms with Crippen LogP contribution in [0, 0.1) is 11.8 Å². The lowest BCUT2D eigenvalue weighted by atomic mass is 9.70. The topological polar surface area (TPSA) is 83.8 Å². The average Bonchev–Trinajstić information content (AvgIpc) is 2.67. The molecule has 0 amide bonds. The molecule has 0 bridgehead atoms. The van der Waals surface area contributed by atoms with Crippen LogP contribution in [0.3, 0.4) is 0 Å². The van der Waals surface area contributed by atoms with Crippen LogP contribution in [0.15, 0.2) is 58.1 Å². The standard InChI is InChI=1S/C22H27ClO5/c1-6-19(23)21(26)22(5,27)18-10-20(25)13(3)16-9-15(28-11-17(16)18)8-7-12(2)14(4)24/h6-9,11-12,14,18,24,27H,10H2,1-5H3. The first kappa shape index (κ1) is 22.3. The number of aliphatic hydroxyl groups excluding tert-OH is 1. The van der Waals surface area contributed by atoms with E-state index in [9.17, 15) is 19.8 Å². The molecule has 0 aromatic rings. The molecular formula is C22H27ClO5. The van der Waals surface area contributed by atoms with Crippen molar-refractivity contribution in [2.45, 2.75) is 52.7 Å². The Balaban J connectivity index is 2.40. The van der Waals surface area contributed by atoms with Crippen LogP contribution in [-0.2, 0) is 14.3 Å². The smallest absolute Gasteiger partial charge is 0.205 e. The third kappa shape index (κ3) is 4.37. The summed E-state index contributed by atoms with van der Waals surface area (Å²) < 4.78 is 5.67. The number of rotatable bonds is 6. The van der Waals surface area contributed by atoms with Crippen molar-refractivity contribution in [1.82, 2.24) is 0 Å². The van der Waals surface area contributed by atoms with Gasteiger partial charge in [0.15, 0.2) is 5.78 Å². The molecule has 2 rings (SSSR count). The van der Waals surface area contributed by atoms with Crippen molar-refractivity contribution in [2.75, 3.05) is 0 Å². The number of ketones is 2. The van der Waals surface area contributed by atoms with Gasteiger partial charge in [0.25, 0.3) is 0 Å². The SMILES string of the molecule is CC=C(Cl)C(=O)C(C)(O)C1CC(=O)C(C)=C2C=C(C=CC(C)C(C)O)OC=C21. The van der Waals surface area contributed by atoms with Gasteiger partial charge in [0.2, 0.25) is 5.78 Å². The number of ether oxygens (including phenoxy) is 1. The van der Waals surface area contributed by atoms with Crippen molar-refractivity contribution in [3.63, 3.8) is 0 Å². The molecule has 0 aromatic carbocycles. The molecule has 2 N–H and O–H groups in total. The predicted molar refractivity (Wildman–Crippen MR) is 108 cm³/mol. The monoisotopic (exact) mass is 406 g/mol. The van der Waals surface area contributed by atoms with Gasteiger partial charge in [0.05, 0.1) is 17.4 Å². The van der Waals surface area contributed by atoms with Crippen molar-refractivity contribution in [3.05, 3.63) is 58.1 Å². The zero-order chi connectivity index (χ0) is 21.2. The van der Waals surface area contributed by atoms with Crippen LogP contribution in [-0.4, -0.2) is 33.5 Å². The van der Waals surface area contributed by atoms with Gasteiger partial charge >= 0.3 is 0 Å². The fraction of sp³-hybridized carbons (Fsp3) is 0.455. The minimum Gasteiger partial charge on any atom is -0.465 e. The fourth-order valence-corrected chi connectivity index (χ4v) is 3.37. The normalized spacial score (nSPS) is 24.8. The molecule has 4 atom stereocenters. The molecule has 0 radical (unpaired) electrons. The van der Waals surface area contributed by atoms with Crippen molar-refractivity contribution < 1.29 is 24.5 Å². The van der Waals surface area contributed by atoms with E-state index in [0.29, 0.717) is 22.5 Å². The largest absolute Gasteiger partial charge is 0.465 e. The van der Waals surface area contributed by atoms with Crippen molar-refractivity contribution in [3.8, 4) is 0 Å².